The molecule has 1 aromatic carbocycles. The minimum absolute atomic E-state index is 0.110. The zero-order valence-corrected chi connectivity index (χ0v) is 11.3. The minimum Gasteiger partial charge on any atom is -0.494 e. The molecule has 0 aliphatic carbocycles. The van der Waals surface area contributed by atoms with Crippen LogP contribution in [0, 0.1) is 0 Å². The number of benzene rings is 1. The molecule has 1 saturated heterocycles. The summed E-state index contributed by atoms with van der Waals surface area (Å²) in [5, 5.41) is 2.66. The maximum absolute atomic E-state index is 12.2. The molecular weight excluding hydrogens is 244 g/mol. The first-order chi connectivity index (χ1) is 9.04. The average molecular weight is 262 g/mol. The lowest BCUT2D eigenvalue weighted by atomic mass is 10.1. The van der Waals surface area contributed by atoms with E-state index in [-0.39, 0.29) is 11.8 Å². The third-order valence-electron chi connectivity index (χ3n) is 3.14. The summed E-state index contributed by atoms with van der Waals surface area (Å²) in [5.74, 6) is 0.438. The van der Waals surface area contributed by atoms with Crippen molar-refractivity contribution in [3.8, 4) is 5.75 Å². The Labute approximate surface area is 112 Å². The van der Waals surface area contributed by atoms with Crippen LogP contribution in [0.25, 0.3) is 0 Å². The topological polar surface area (TPSA) is 58.6 Å². The van der Waals surface area contributed by atoms with Gasteiger partial charge in [0.1, 0.15) is 17.8 Å². The Hall–Kier alpha value is -2.04. The standard InChI is InChI=1S/C14H18N2O3/c1-4-19-12-7-5-6-11(8-12)16-10(3)13(17)15-9(2)14(16)18/h5-10H,4H2,1-3H3,(H,15,17). The zero-order valence-electron chi connectivity index (χ0n) is 11.3. The average Bonchev–Trinajstić information content (AvgIpc) is 2.38. The van der Waals surface area contributed by atoms with E-state index in [0.29, 0.717) is 18.0 Å². The summed E-state index contributed by atoms with van der Waals surface area (Å²) < 4.78 is 5.42. The molecule has 0 spiro atoms. The van der Waals surface area contributed by atoms with E-state index in [1.54, 1.807) is 19.9 Å². The molecule has 5 heteroatoms. The molecule has 0 bridgehead atoms. The first kappa shape index (κ1) is 13.4. The van der Waals surface area contributed by atoms with Crippen molar-refractivity contribution < 1.29 is 14.3 Å². The predicted molar refractivity (Wildman–Crippen MR) is 72.2 cm³/mol. The number of carbonyl (C=O) groups excluding carboxylic acids is 2. The lowest BCUT2D eigenvalue weighted by molar-refractivity contribution is -0.133. The number of nitrogens with zero attached hydrogens (tertiary/aromatic N) is 1. The monoisotopic (exact) mass is 262 g/mol. The van der Waals surface area contributed by atoms with Gasteiger partial charge in [-0.15, -0.1) is 0 Å². The summed E-state index contributed by atoms with van der Waals surface area (Å²) in [6.45, 7) is 5.86. The van der Waals surface area contributed by atoms with Crippen molar-refractivity contribution in [1.82, 2.24) is 5.32 Å². The van der Waals surface area contributed by atoms with Crippen LogP contribution in [0.2, 0.25) is 0 Å². The first-order valence-corrected chi connectivity index (χ1v) is 6.41. The van der Waals surface area contributed by atoms with Gasteiger partial charge in [0.05, 0.1) is 6.61 Å². The van der Waals surface area contributed by atoms with Gasteiger partial charge >= 0.3 is 0 Å². The molecule has 2 rings (SSSR count). The number of ether oxygens (including phenoxy) is 1. The van der Waals surface area contributed by atoms with Crippen LogP contribution < -0.4 is 15.0 Å². The van der Waals surface area contributed by atoms with Gasteiger partial charge in [0.25, 0.3) is 0 Å². The maximum Gasteiger partial charge on any atom is 0.250 e. The van der Waals surface area contributed by atoms with Crippen molar-refractivity contribution in [1.29, 1.82) is 0 Å². The van der Waals surface area contributed by atoms with Crippen LogP contribution in [0.3, 0.4) is 0 Å². The van der Waals surface area contributed by atoms with Gasteiger partial charge in [-0.2, -0.15) is 0 Å². The molecule has 1 aliphatic heterocycles. The highest BCUT2D eigenvalue weighted by atomic mass is 16.5. The van der Waals surface area contributed by atoms with Crippen LogP contribution in [0.1, 0.15) is 20.8 Å². The second-order valence-corrected chi connectivity index (χ2v) is 4.54. The Morgan fingerprint density at radius 2 is 2.05 bits per heavy atom. The van der Waals surface area contributed by atoms with Crippen LogP contribution in [0.5, 0.6) is 5.75 Å². The van der Waals surface area contributed by atoms with Gasteiger partial charge in [-0.1, -0.05) is 6.07 Å². The van der Waals surface area contributed by atoms with E-state index in [1.807, 2.05) is 25.1 Å². The molecule has 2 unspecified atom stereocenters. The number of hydrogen-bond acceptors (Lipinski definition) is 3. The molecule has 0 saturated carbocycles. The quantitative estimate of drug-likeness (QED) is 0.894. The number of piperazine rings is 1. The zero-order chi connectivity index (χ0) is 14.0. The fourth-order valence-corrected chi connectivity index (χ4v) is 2.15. The number of nitrogens with one attached hydrogen (secondary N) is 1. The van der Waals surface area contributed by atoms with Gasteiger partial charge in [-0.05, 0) is 32.9 Å². The van der Waals surface area contributed by atoms with Crippen molar-refractivity contribution in [3.63, 3.8) is 0 Å². The van der Waals surface area contributed by atoms with E-state index in [1.165, 1.54) is 4.90 Å². The molecule has 1 aromatic rings. The third kappa shape index (κ3) is 2.54. The molecule has 1 heterocycles. The summed E-state index contributed by atoms with van der Waals surface area (Å²) in [6.07, 6.45) is 0. The van der Waals surface area contributed by atoms with Gasteiger partial charge in [0, 0.05) is 11.8 Å². The molecule has 0 radical (unpaired) electrons. The molecule has 2 amide bonds. The molecule has 1 aliphatic rings. The normalized spacial score (nSPS) is 23.2. The number of amides is 2. The molecule has 19 heavy (non-hydrogen) atoms. The van der Waals surface area contributed by atoms with Crippen molar-refractivity contribution >= 4 is 17.5 Å². The maximum atomic E-state index is 12.2. The van der Waals surface area contributed by atoms with Crippen LogP contribution in [-0.4, -0.2) is 30.5 Å². The highest BCUT2D eigenvalue weighted by Crippen LogP contribution is 2.25. The van der Waals surface area contributed by atoms with Gasteiger partial charge in [-0.3, -0.25) is 14.5 Å². The summed E-state index contributed by atoms with van der Waals surface area (Å²) in [7, 11) is 0. The van der Waals surface area contributed by atoms with E-state index in [2.05, 4.69) is 5.32 Å². The fraction of sp³-hybridized carbons (Fsp3) is 0.429. The molecule has 1 fully saturated rings. The number of hydrogen-bond donors (Lipinski definition) is 1. The summed E-state index contributed by atoms with van der Waals surface area (Å²) >= 11 is 0. The van der Waals surface area contributed by atoms with E-state index in [9.17, 15) is 9.59 Å². The number of rotatable bonds is 3. The Morgan fingerprint density at radius 1 is 1.32 bits per heavy atom. The van der Waals surface area contributed by atoms with Crippen molar-refractivity contribution in [2.24, 2.45) is 0 Å². The second kappa shape index (κ2) is 5.30. The summed E-state index contributed by atoms with van der Waals surface area (Å²) in [5.41, 5.74) is 0.685. The van der Waals surface area contributed by atoms with Crippen LogP contribution in [0.4, 0.5) is 5.69 Å². The Morgan fingerprint density at radius 3 is 2.74 bits per heavy atom. The van der Waals surface area contributed by atoms with Crippen molar-refractivity contribution in [2.45, 2.75) is 32.9 Å². The third-order valence-corrected chi connectivity index (χ3v) is 3.14. The predicted octanol–water partition coefficient (Wildman–Crippen LogP) is 1.33. The van der Waals surface area contributed by atoms with Crippen molar-refractivity contribution in [2.75, 3.05) is 11.5 Å². The summed E-state index contributed by atoms with van der Waals surface area (Å²) in [6, 6.07) is 6.22. The Balaban J connectivity index is 2.35. The van der Waals surface area contributed by atoms with E-state index in [4.69, 9.17) is 4.74 Å². The molecular formula is C14H18N2O3. The highest BCUT2D eigenvalue weighted by Gasteiger charge is 2.36. The molecule has 0 aromatic heterocycles. The van der Waals surface area contributed by atoms with Gasteiger partial charge in [-0.25, -0.2) is 0 Å². The highest BCUT2D eigenvalue weighted by molar-refractivity contribution is 6.08. The lowest BCUT2D eigenvalue weighted by Gasteiger charge is -2.36. The van der Waals surface area contributed by atoms with Crippen LogP contribution >= 0.6 is 0 Å². The lowest BCUT2D eigenvalue weighted by Crippen LogP contribution is -2.61. The minimum atomic E-state index is -0.513. The molecule has 102 valence electrons. The van der Waals surface area contributed by atoms with Crippen LogP contribution in [0.15, 0.2) is 24.3 Å². The molecule has 5 nitrogen and oxygen atoms in total. The second-order valence-electron chi connectivity index (χ2n) is 4.54. The van der Waals surface area contributed by atoms with E-state index >= 15 is 0 Å². The van der Waals surface area contributed by atoms with Gasteiger partial charge in [0.2, 0.25) is 11.8 Å². The van der Waals surface area contributed by atoms with E-state index in [0.717, 1.165) is 0 Å². The molecule has 1 N–H and O–H groups in total. The summed E-state index contributed by atoms with van der Waals surface area (Å²) in [4.78, 5) is 25.5. The van der Waals surface area contributed by atoms with Gasteiger partial charge < -0.3 is 10.1 Å². The number of carbonyl (C=O) groups is 2. The van der Waals surface area contributed by atoms with Crippen LogP contribution in [-0.2, 0) is 9.59 Å². The Bertz CT molecular complexity index is 501. The van der Waals surface area contributed by atoms with E-state index < -0.39 is 12.1 Å². The van der Waals surface area contributed by atoms with Gasteiger partial charge in [0.15, 0.2) is 0 Å². The van der Waals surface area contributed by atoms with Crippen molar-refractivity contribution in [3.05, 3.63) is 24.3 Å². The smallest absolute Gasteiger partial charge is 0.250 e. The SMILES string of the molecule is CCOc1cccc(N2C(=O)C(C)NC(=O)C2C)c1. The largest absolute Gasteiger partial charge is 0.494 e. The first-order valence-electron chi connectivity index (χ1n) is 6.41. The fourth-order valence-electron chi connectivity index (χ4n) is 2.15. The molecule has 2 atom stereocenters. The Kier molecular flexibility index (Phi) is 3.74. The number of anilines is 1.